The van der Waals surface area contributed by atoms with Gasteiger partial charge in [0.1, 0.15) is 17.3 Å². The second-order valence-electron chi connectivity index (χ2n) is 3.00. The Kier molecular flexibility index (Phi) is 2.61. The molecule has 0 aliphatic carbocycles. The molecule has 1 aromatic heterocycles. The van der Waals surface area contributed by atoms with Gasteiger partial charge in [-0.05, 0) is 12.1 Å². The van der Waals surface area contributed by atoms with Crippen LogP contribution in [0.25, 0.3) is 0 Å². The molecule has 1 aromatic carbocycles. The molecule has 0 aliphatic rings. The first-order valence-electron chi connectivity index (χ1n) is 4.51. The average molecular weight is 212 g/mol. The summed E-state index contributed by atoms with van der Waals surface area (Å²) < 4.78 is 0. The topological polar surface area (TPSA) is 103 Å². The van der Waals surface area contributed by atoms with Gasteiger partial charge in [-0.25, -0.2) is 0 Å². The molecule has 6 heteroatoms. The lowest BCUT2D eigenvalue weighted by atomic mass is 10.3. The summed E-state index contributed by atoms with van der Waals surface area (Å²) >= 11 is 0. The molecule has 0 spiro atoms. The van der Waals surface area contributed by atoms with Crippen LogP contribution in [-0.2, 0) is 0 Å². The van der Waals surface area contributed by atoms with Crippen LogP contribution in [0.3, 0.4) is 0 Å². The highest BCUT2D eigenvalue weighted by atomic mass is 15.2. The molecule has 0 saturated carbocycles. The van der Waals surface area contributed by atoms with Crippen molar-refractivity contribution < 1.29 is 0 Å². The summed E-state index contributed by atoms with van der Waals surface area (Å²) in [5, 5.41) is 22.8. The minimum absolute atomic E-state index is 0.325. The molecule has 0 saturated heterocycles. The Balaban J connectivity index is 2.29. The largest absolute Gasteiger partial charge is 0.397 e. The smallest absolute Gasteiger partial charge is 0.188 e. The Morgan fingerprint density at radius 1 is 1.31 bits per heavy atom. The van der Waals surface area contributed by atoms with Crippen molar-refractivity contribution in [3.05, 3.63) is 36.0 Å². The molecule has 0 amide bonds. The van der Waals surface area contributed by atoms with Crippen molar-refractivity contribution in [3.8, 4) is 6.07 Å². The first-order chi connectivity index (χ1) is 7.81. The molecule has 78 valence electrons. The number of nitrogens with two attached hydrogens (primary N) is 1. The highest BCUT2D eigenvalue weighted by molar-refractivity contribution is 5.61. The lowest BCUT2D eigenvalue weighted by molar-refractivity contribution is 1.05. The number of aromatic nitrogens is 2. The normalized spacial score (nSPS) is 10.4. The standard InChI is InChI=1S/C10H8N6/c11-5-7-6-13-15-10(7)16-14-9-4-2-1-3-8(9)12/h1-4,6H,12H2,(H,13,15)/b16-14+. The van der Waals surface area contributed by atoms with Crippen LogP contribution in [-0.4, -0.2) is 10.2 Å². The van der Waals surface area contributed by atoms with Gasteiger partial charge in [0, 0.05) is 0 Å². The van der Waals surface area contributed by atoms with Crippen molar-refractivity contribution in [2.24, 2.45) is 10.2 Å². The number of rotatable bonds is 2. The predicted octanol–water partition coefficient (Wildman–Crippen LogP) is 2.28. The maximum Gasteiger partial charge on any atom is 0.188 e. The number of nitrogens with one attached hydrogen (secondary N) is 1. The molecule has 0 atom stereocenters. The number of nitrogen functional groups attached to an aromatic ring is 1. The molecule has 0 bridgehead atoms. The molecule has 1 heterocycles. The van der Waals surface area contributed by atoms with Gasteiger partial charge in [0.15, 0.2) is 5.82 Å². The van der Waals surface area contributed by atoms with Gasteiger partial charge < -0.3 is 5.73 Å². The summed E-state index contributed by atoms with van der Waals surface area (Å²) in [4.78, 5) is 0. The van der Waals surface area contributed by atoms with E-state index in [0.717, 1.165) is 0 Å². The third-order valence-corrected chi connectivity index (χ3v) is 1.93. The lowest BCUT2D eigenvalue weighted by Gasteiger charge is -1.95. The summed E-state index contributed by atoms with van der Waals surface area (Å²) in [5.41, 5.74) is 7.12. The minimum Gasteiger partial charge on any atom is -0.397 e. The zero-order chi connectivity index (χ0) is 11.4. The summed E-state index contributed by atoms with van der Waals surface area (Å²) in [6.07, 6.45) is 1.39. The molecule has 2 aromatic rings. The van der Waals surface area contributed by atoms with Crippen LogP contribution in [0.4, 0.5) is 17.2 Å². The van der Waals surface area contributed by atoms with Crippen LogP contribution in [0.1, 0.15) is 5.56 Å². The van der Waals surface area contributed by atoms with Gasteiger partial charge in [0.05, 0.1) is 11.9 Å². The highest BCUT2D eigenvalue weighted by Crippen LogP contribution is 2.23. The van der Waals surface area contributed by atoms with Gasteiger partial charge in [-0.3, -0.25) is 5.10 Å². The summed E-state index contributed by atoms with van der Waals surface area (Å²) in [5.74, 6) is 0.325. The Morgan fingerprint density at radius 2 is 2.12 bits per heavy atom. The Hall–Kier alpha value is -2.68. The van der Waals surface area contributed by atoms with Gasteiger partial charge in [0.2, 0.25) is 0 Å². The van der Waals surface area contributed by atoms with Gasteiger partial charge in [-0.15, -0.1) is 10.2 Å². The molecular weight excluding hydrogens is 204 g/mol. The summed E-state index contributed by atoms with van der Waals surface area (Å²) in [7, 11) is 0. The van der Waals surface area contributed by atoms with E-state index in [1.807, 2.05) is 18.2 Å². The zero-order valence-electron chi connectivity index (χ0n) is 8.25. The zero-order valence-corrected chi connectivity index (χ0v) is 8.25. The molecule has 16 heavy (non-hydrogen) atoms. The van der Waals surface area contributed by atoms with Crippen LogP contribution < -0.4 is 5.73 Å². The van der Waals surface area contributed by atoms with Crippen molar-refractivity contribution in [2.45, 2.75) is 0 Å². The van der Waals surface area contributed by atoms with Crippen molar-refractivity contribution >= 4 is 17.2 Å². The van der Waals surface area contributed by atoms with Crippen molar-refractivity contribution in [3.63, 3.8) is 0 Å². The Labute approximate surface area is 91.4 Å². The van der Waals surface area contributed by atoms with E-state index in [-0.39, 0.29) is 0 Å². The fourth-order valence-corrected chi connectivity index (χ4v) is 1.12. The van der Waals surface area contributed by atoms with E-state index in [2.05, 4.69) is 20.4 Å². The number of nitriles is 1. The fraction of sp³-hybridized carbons (Fsp3) is 0. The molecule has 6 nitrogen and oxygen atoms in total. The maximum atomic E-state index is 8.72. The molecule has 0 aliphatic heterocycles. The number of azo groups is 1. The molecular formula is C10H8N6. The molecule has 0 fully saturated rings. The van der Waals surface area contributed by atoms with E-state index in [1.165, 1.54) is 6.20 Å². The van der Waals surface area contributed by atoms with Crippen LogP contribution in [0.5, 0.6) is 0 Å². The Bertz CT molecular complexity index is 559. The monoisotopic (exact) mass is 212 g/mol. The van der Waals surface area contributed by atoms with E-state index in [4.69, 9.17) is 11.0 Å². The van der Waals surface area contributed by atoms with Crippen LogP contribution in [0, 0.1) is 11.3 Å². The maximum absolute atomic E-state index is 8.72. The predicted molar refractivity (Wildman–Crippen MR) is 58.3 cm³/mol. The third-order valence-electron chi connectivity index (χ3n) is 1.93. The van der Waals surface area contributed by atoms with Gasteiger partial charge in [-0.2, -0.15) is 10.4 Å². The SMILES string of the molecule is N#Cc1cn[nH]c1/N=N/c1ccccc1N. The number of aromatic amines is 1. The van der Waals surface area contributed by atoms with E-state index in [0.29, 0.717) is 22.8 Å². The fourth-order valence-electron chi connectivity index (χ4n) is 1.12. The highest BCUT2D eigenvalue weighted by Gasteiger charge is 2.02. The van der Waals surface area contributed by atoms with Crippen LogP contribution in [0.15, 0.2) is 40.7 Å². The third kappa shape index (κ3) is 1.88. The van der Waals surface area contributed by atoms with E-state index < -0.39 is 0 Å². The number of para-hydroxylation sites is 1. The van der Waals surface area contributed by atoms with E-state index >= 15 is 0 Å². The van der Waals surface area contributed by atoms with Crippen LogP contribution in [0.2, 0.25) is 0 Å². The number of anilines is 1. The second-order valence-corrected chi connectivity index (χ2v) is 3.00. The van der Waals surface area contributed by atoms with Crippen molar-refractivity contribution in [1.82, 2.24) is 10.2 Å². The molecule has 0 unspecified atom stereocenters. The minimum atomic E-state index is 0.325. The van der Waals surface area contributed by atoms with Crippen LogP contribution >= 0.6 is 0 Å². The number of H-pyrrole nitrogens is 1. The Morgan fingerprint density at radius 3 is 2.88 bits per heavy atom. The first kappa shape index (κ1) is 9.86. The summed E-state index contributed by atoms with van der Waals surface area (Å²) in [6, 6.07) is 9.03. The second kappa shape index (κ2) is 4.23. The average Bonchev–Trinajstić information content (AvgIpc) is 2.75. The number of nitrogens with zero attached hydrogens (tertiary/aromatic N) is 4. The van der Waals surface area contributed by atoms with E-state index in [9.17, 15) is 0 Å². The van der Waals surface area contributed by atoms with Gasteiger partial charge in [-0.1, -0.05) is 12.1 Å². The number of hydrogen-bond acceptors (Lipinski definition) is 5. The first-order valence-corrected chi connectivity index (χ1v) is 4.51. The summed E-state index contributed by atoms with van der Waals surface area (Å²) in [6.45, 7) is 0. The van der Waals surface area contributed by atoms with Gasteiger partial charge in [0.25, 0.3) is 0 Å². The number of hydrogen-bond donors (Lipinski definition) is 2. The molecule has 3 N–H and O–H groups in total. The van der Waals surface area contributed by atoms with Crippen molar-refractivity contribution in [1.29, 1.82) is 5.26 Å². The van der Waals surface area contributed by atoms with Gasteiger partial charge >= 0.3 is 0 Å². The quantitative estimate of drug-likeness (QED) is 0.589. The van der Waals surface area contributed by atoms with E-state index in [1.54, 1.807) is 12.1 Å². The lowest BCUT2D eigenvalue weighted by Crippen LogP contribution is -1.82. The molecule has 0 radical (unpaired) electrons. The van der Waals surface area contributed by atoms with Crippen molar-refractivity contribution in [2.75, 3.05) is 5.73 Å². The molecule has 2 rings (SSSR count). The number of benzene rings is 1.